The molecule has 1 atom stereocenters. The summed E-state index contributed by atoms with van der Waals surface area (Å²) < 4.78 is 1.02. The Morgan fingerprint density at radius 1 is 1.17 bits per heavy atom. The Morgan fingerprint density at radius 3 is 2.06 bits per heavy atom. The third-order valence-electron chi connectivity index (χ3n) is 2.65. The first kappa shape index (κ1) is 17.3. The summed E-state index contributed by atoms with van der Waals surface area (Å²) in [5.74, 6) is 0.106. The van der Waals surface area contributed by atoms with Crippen LogP contribution in [0.25, 0.3) is 0 Å². The highest BCUT2D eigenvalue weighted by atomic mass is 79.9. The zero-order chi connectivity index (χ0) is 14.0. The van der Waals surface area contributed by atoms with E-state index in [1.54, 1.807) is 0 Å². The lowest BCUT2D eigenvalue weighted by Gasteiger charge is -2.07. The molecule has 0 aliphatic carbocycles. The van der Waals surface area contributed by atoms with E-state index in [-0.39, 0.29) is 11.8 Å². The highest BCUT2D eigenvalue weighted by Gasteiger charge is 2.11. The highest BCUT2D eigenvalue weighted by molar-refractivity contribution is 9.10. The maximum atomic E-state index is 11.5. The number of hydrogen-bond acceptors (Lipinski definition) is 2. The van der Waals surface area contributed by atoms with Crippen LogP contribution < -0.4 is 5.73 Å². The molecule has 18 heavy (non-hydrogen) atoms. The summed E-state index contributed by atoms with van der Waals surface area (Å²) in [6.45, 7) is 6.28. The Bertz CT molecular complexity index is 333. The first-order valence-corrected chi connectivity index (χ1v) is 7.37. The molecule has 1 aromatic carbocycles. The van der Waals surface area contributed by atoms with Gasteiger partial charge in [-0.15, -0.1) is 0 Å². The molecular formula is C15H24BrNO. The molecule has 2 N–H and O–H groups in total. The molecule has 0 bridgehead atoms. The molecule has 0 spiro atoms. The van der Waals surface area contributed by atoms with Crippen LogP contribution >= 0.6 is 15.9 Å². The van der Waals surface area contributed by atoms with Crippen LogP contribution in [-0.2, 0) is 11.2 Å². The largest absolute Gasteiger partial charge is 0.322 e. The number of Topliss-reactive ketones (excluding diaryl/α,β-unsaturated/α-hetero) is 1. The van der Waals surface area contributed by atoms with E-state index in [4.69, 9.17) is 5.73 Å². The molecule has 0 saturated carbocycles. The molecule has 1 rings (SSSR count). The van der Waals surface area contributed by atoms with Gasteiger partial charge in [-0.1, -0.05) is 61.7 Å². The summed E-state index contributed by atoms with van der Waals surface area (Å²) in [6.07, 6.45) is 3.78. The second-order valence-corrected chi connectivity index (χ2v) is 5.20. The van der Waals surface area contributed by atoms with Gasteiger partial charge in [0, 0.05) is 10.9 Å². The van der Waals surface area contributed by atoms with Crippen molar-refractivity contribution >= 4 is 21.7 Å². The van der Waals surface area contributed by atoms with Crippen molar-refractivity contribution in [3.05, 3.63) is 34.3 Å². The summed E-state index contributed by atoms with van der Waals surface area (Å²) in [7, 11) is 0. The first-order valence-electron chi connectivity index (χ1n) is 6.57. The molecule has 2 nitrogen and oxygen atoms in total. The average Bonchev–Trinajstić information content (AvgIpc) is 2.40. The second-order valence-electron chi connectivity index (χ2n) is 4.28. The topological polar surface area (TPSA) is 43.1 Å². The molecule has 102 valence electrons. The van der Waals surface area contributed by atoms with Crippen molar-refractivity contribution in [1.82, 2.24) is 0 Å². The molecule has 0 radical (unpaired) electrons. The van der Waals surface area contributed by atoms with Crippen molar-refractivity contribution in [2.24, 2.45) is 5.73 Å². The highest BCUT2D eigenvalue weighted by Crippen LogP contribution is 2.11. The summed E-state index contributed by atoms with van der Waals surface area (Å²) in [5, 5.41) is 0. The molecule has 0 saturated heterocycles. The monoisotopic (exact) mass is 313 g/mol. The standard InChI is InChI=1S/C11H14BrNO.C4H10/c1-2-10(13)11(14)7-8-3-5-9(12)6-4-8;1-3-4-2/h3-6,10H,2,7,13H2,1H3;3-4H2,1-2H3. The van der Waals surface area contributed by atoms with Crippen LogP contribution in [0.4, 0.5) is 0 Å². The number of carbonyl (C=O) groups excluding carboxylic acids is 1. The van der Waals surface area contributed by atoms with Gasteiger partial charge in [-0.05, 0) is 24.1 Å². The molecule has 0 aliphatic rings. The van der Waals surface area contributed by atoms with Crippen LogP contribution in [0.5, 0.6) is 0 Å². The summed E-state index contributed by atoms with van der Waals surface area (Å²) in [6, 6.07) is 7.41. The molecule has 0 aromatic heterocycles. The molecule has 0 aliphatic heterocycles. The lowest BCUT2D eigenvalue weighted by atomic mass is 10.0. The number of ketones is 1. The normalized spacial score (nSPS) is 11.4. The first-order chi connectivity index (χ1) is 8.54. The molecule has 0 fully saturated rings. The molecule has 0 amide bonds. The Labute approximate surface area is 119 Å². The van der Waals surface area contributed by atoms with Gasteiger partial charge in [-0.2, -0.15) is 0 Å². The molecule has 0 heterocycles. The molecule has 1 aromatic rings. The number of unbranched alkanes of at least 4 members (excludes halogenated alkanes) is 1. The smallest absolute Gasteiger partial charge is 0.153 e. The van der Waals surface area contributed by atoms with Gasteiger partial charge in [0.15, 0.2) is 5.78 Å². The Balaban J connectivity index is 0.000000631. The Hall–Kier alpha value is -0.670. The number of carbonyl (C=O) groups is 1. The van der Waals surface area contributed by atoms with E-state index >= 15 is 0 Å². The van der Waals surface area contributed by atoms with Crippen LogP contribution in [0.2, 0.25) is 0 Å². The average molecular weight is 314 g/mol. The van der Waals surface area contributed by atoms with Crippen LogP contribution in [-0.4, -0.2) is 11.8 Å². The Morgan fingerprint density at radius 2 is 1.67 bits per heavy atom. The Kier molecular flexibility index (Phi) is 9.89. The van der Waals surface area contributed by atoms with Crippen molar-refractivity contribution in [1.29, 1.82) is 0 Å². The van der Waals surface area contributed by atoms with E-state index < -0.39 is 0 Å². The zero-order valence-electron chi connectivity index (χ0n) is 11.6. The quantitative estimate of drug-likeness (QED) is 0.889. The minimum Gasteiger partial charge on any atom is -0.322 e. The number of nitrogens with two attached hydrogens (primary N) is 1. The van der Waals surface area contributed by atoms with Gasteiger partial charge in [0.2, 0.25) is 0 Å². The van der Waals surface area contributed by atoms with E-state index in [0.717, 1.165) is 10.0 Å². The van der Waals surface area contributed by atoms with Crippen molar-refractivity contribution in [2.45, 2.75) is 52.5 Å². The molecule has 1 unspecified atom stereocenters. The maximum absolute atomic E-state index is 11.5. The molecular weight excluding hydrogens is 290 g/mol. The van der Waals surface area contributed by atoms with Gasteiger partial charge < -0.3 is 5.73 Å². The number of benzene rings is 1. The van der Waals surface area contributed by atoms with Gasteiger partial charge in [0.25, 0.3) is 0 Å². The zero-order valence-corrected chi connectivity index (χ0v) is 13.2. The van der Waals surface area contributed by atoms with Crippen molar-refractivity contribution in [3.63, 3.8) is 0 Å². The van der Waals surface area contributed by atoms with Crippen LogP contribution in [0.3, 0.4) is 0 Å². The molecule has 3 heteroatoms. The fraction of sp³-hybridized carbons (Fsp3) is 0.533. The fourth-order valence-corrected chi connectivity index (χ4v) is 1.43. The maximum Gasteiger partial charge on any atom is 0.153 e. The second kappa shape index (κ2) is 10.3. The van der Waals surface area contributed by atoms with Gasteiger partial charge in [0.1, 0.15) is 0 Å². The minimum absolute atomic E-state index is 0.106. The predicted molar refractivity (Wildman–Crippen MR) is 81.7 cm³/mol. The van der Waals surface area contributed by atoms with Crippen molar-refractivity contribution in [2.75, 3.05) is 0 Å². The number of rotatable bonds is 5. The van der Waals surface area contributed by atoms with Gasteiger partial charge in [0.05, 0.1) is 6.04 Å². The van der Waals surface area contributed by atoms with E-state index in [1.165, 1.54) is 12.8 Å². The lowest BCUT2D eigenvalue weighted by molar-refractivity contribution is -0.119. The van der Waals surface area contributed by atoms with Gasteiger partial charge >= 0.3 is 0 Å². The summed E-state index contributed by atoms with van der Waals surface area (Å²) in [4.78, 5) is 11.5. The minimum atomic E-state index is -0.321. The van der Waals surface area contributed by atoms with Crippen LogP contribution in [0.15, 0.2) is 28.7 Å². The van der Waals surface area contributed by atoms with E-state index in [2.05, 4.69) is 29.8 Å². The summed E-state index contributed by atoms with van der Waals surface area (Å²) >= 11 is 3.34. The van der Waals surface area contributed by atoms with E-state index in [1.807, 2.05) is 31.2 Å². The fourth-order valence-electron chi connectivity index (χ4n) is 1.16. The SMILES string of the molecule is CCC(N)C(=O)Cc1ccc(Br)cc1.CCCC. The third-order valence-corrected chi connectivity index (χ3v) is 3.17. The van der Waals surface area contributed by atoms with Gasteiger partial charge in [-0.3, -0.25) is 4.79 Å². The number of halogens is 1. The van der Waals surface area contributed by atoms with Crippen LogP contribution in [0, 0.1) is 0 Å². The number of hydrogen-bond donors (Lipinski definition) is 1. The lowest BCUT2D eigenvalue weighted by Crippen LogP contribution is -2.30. The third kappa shape index (κ3) is 7.62. The summed E-state index contributed by atoms with van der Waals surface area (Å²) in [5.41, 5.74) is 6.65. The van der Waals surface area contributed by atoms with E-state index in [9.17, 15) is 4.79 Å². The van der Waals surface area contributed by atoms with Crippen molar-refractivity contribution < 1.29 is 4.79 Å². The van der Waals surface area contributed by atoms with Crippen molar-refractivity contribution in [3.8, 4) is 0 Å². The van der Waals surface area contributed by atoms with E-state index in [0.29, 0.717) is 12.8 Å². The van der Waals surface area contributed by atoms with Gasteiger partial charge in [-0.25, -0.2) is 0 Å². The predicted octanol–water partition coefficient (Wildman–Crippen LogP) is 4.10. The van der Waals surface area contributed by atoms with Crippen LogP contribution in [0.1, 0.15) is 45.6 Å².